The van der Waals surface area contributed by atoms with Gasteiger partial charge >= 0.3 is 0 Å². The first-order valence-corrected chi connectivity index (χ1v) is 8.72. The van der Waals surface area contributed by atoms with Gasteiger partial charge < -0.3 is 10.6 Å². The molecule has 2 aliphatic heterocycles. The van der Waals surface area contributed by atoms with Gasteiger partial charge in [0.2, 0.25) is 5.91 Å². The number of anilines is 1. The van der Waals surface area contributed by atoms with Crippen LogP contribution in [-0.4, -0.2) is 43.0 Å². The van der Waals surface area contributed by atoms with Crippen molar-refractivity contribution in [3.8, 4) is 0 Å². The van der Waals surface area contributed by atoms with Crippen LogP contribution in [0.4, 0.5) is 5.69 Å². The van der Waals surface area contributed by atoms with Gasteiger partial charge in [-0.1, -0.05) is 0 Å². The predicted molar refractivity (Wildman–Crippen MR) is 93.5 cm³/mol. The molecule has 4 nitrogen and oxygen atoms in total. The number of hydrogen-bond donors (Lipinski definition) is 2. The maximum Gasteiger partial charge on any atom is 0.238 e. The highest BCUT2D eigenvalue weighted by molar-refractivity contribution is 14.1. The Morgan fingerprint density at radius 3 is 3.14 bits per heavy atom. The first-order valence-electron chi connectivity index (χ1n) is 7.64. The molecule has 0 saturated carbocycles. The fourth-order valence-corrected chi connectivity index (χ4v) is 4.15. The molecule has 114 valence electrons. The van der Waals surface area contributed by atoms with Crippen LogP contribution < -0.4 is 10.6 Å². The van der Waals surface area contributed by atoms with Crippen molar-refractivity contribution in [3.63, 3.8) is 0 Å². The summed E-state index contributed by atoms with van der Waals surface area (Å²) in [5.41, 5.74) is 2.05. The molecule has 0 aliphatic carbocycles. The van der Waals surface area contributed by atoms with E-state index in [1.54, 1.807) is 0 Å². The molecule has 2 N–H and O–H groups in total. The van der Waals surface area contributed by atoms with Crippen LogP contribution >= 0.6 is 22.6 Å². The Kier molecular flexibility index (Phi) is 4.81. The normalized spacial score (nSPS) is 25.6. The molecule has 5 heteroatoms. The van der Waals surface area contributed by atoms with Crippen LogP contribution in [-0.2, 0) is 4.79 Å². The number of benzene rings is 1. The van der Waals surface area contributed by atoms with Crippen molar-refractivity contribution in [3.05, 3.63) is 27.3 Å². The summed E-state index contributed by atoms with van der Waals surface area (Å²) in [5, 5.41) is 6.52. The van der Waals surface area contributed by atoms with E-state index in [9.17, 15) is 4.79 Å². The lowest BCUT2D eigenvalue weighted by Crippen LogP contribution is -2.48. The van der Waals surface area contributed by atoms with E-state index >= 15 is 0 Å². The van der Waals surface area contributed by atoms with Crippen molar-refractivity contribution < 1.29 is 4.79 Å². The van der Waals surface area contributed by atoms with Crippen LogP contribution in [0.25, 0.3) is 0 Å². The zero-order valence-electron chi connectivity index (χ0n) is 12.4. The molecule has 0 radical (unpaired) electrons. The molecule has 1 aromatic carbocycles. The van der Waals surface area contributed by atoms with E-state index in [4.69, 9.17) is 0 Å². The summed E-state index contributed by atoms with van der Waals surface area (Å²) >= 11 is 2.29. The van der Waals surface area contributed by atoms with Crippen LogP contribution in [0.15, 0.2) is 18.2 Å². The van der Waals surface area contributed by atoms with Gasteiger partial charge in [0, 0.05) is 21.8 Å². The van der Waals surface area contributed by atoms with Gasteiger partial charge in [0.1, 0.15) is 0 Å². The topological polar surface area (TPSA) is 44.4 Å². The van der Waals surface area contributed by atoms with E-state index in [0.29, 0.717) is 12.6 Å². The average molecular weight is 399 g/mol. The van der Waals surface area contributed by atoms with E-state index < -0.39 is 0 Å². The monoisotopic (exact) mass is 399 g/mol. The molecular weight excluding hydrogens is 377 g/mol. The molecule has 2 atom stereocenters. The standard InChI is InChI=1S/C16H22IN3O/c1-11-7-13(17)4-5-14(11)19-16(21)10-20-6-2-3-12-8-18-9-15(12)20/h4-5,7,12,15,18H,2-3,6,8-10H2,1H3,(H,19,21). The quantitative estimate of drug-likeness (QED) is 0.767. The number of nitrogens with one attached hydrogen (secondary N) is 2. The summed E-state index contributed by atoms with van der Waals surface area (Å²) < 4.78 is 1.19. The highest BCUT2D eigenvalue weighted by atomic mass is 127. The van der Waals surface area contributed by atoms with Gasteiger partial charge in [-0.3, -0.25) is 9.69 Å². The molecule has 0 bridgehead atoms. The van der Waals surface area contributed by atoms with Crippen molar-refractivity contribution in [2.75, 3.05) is 31.5 Å². The Morgan fingerprint density at radius 1 is 1.48 bits per heavy atom. The largest absolute Gasteiger partial charge is 0.325 e. The fourth-order valence-electron chi connectivity index (χ4n) is 3.50. The zero-order chi connectivity index (χ0) is 14.8. The van der Waals surface area contributed by atoms with Gasteiger partial charge in [0.05, 0.1) is 6.54 Å². The molecule has 0 aromatic heterocycles. The van der Waals surface area contributed by atoms with Crippen LogP contribution in [0.5, 0.6) is 0 Å². The lowest BCUT2D eigenvalue weighted by molar-refractivity contribution is -0.118. The molecule has 2 fully saturated rings. The van der Waals surface area contributed by atoms with E-state index in [0.717, 1.165) is 36.8 Å². The molecule has 3 rings (SSSR count). The smallest absolute Gasteiger partial charge is 0.238 e. The Bertz CT molecular complexity index is 534. The van der Waals surface area contributed by atoms with Crippen LogP contribution in [0, 0.1) is 16.4 Å². The van der Waals surface area contributed by atoms with Gasteiger partial charge in [-0.25, -0.2) is 0 Å². The number of piperidine rings is 1. The molecule has 1 aromatic rings. The Morgan fingerprint density at radius 2 is 2.33 bits per heavy atom. The number of hydrogen-bond acceptors (Lipinski definition) is 3. The highest BCUT2D eigenvalue weighted by Gasteiger charge is 2.35. The second kappa shape index (κ2) is 6.62. The highest BCUT2D eigenvalue weighted by Crippen LogP contribution is 2.26. The summed E-state index contributed by atoms with van der Waals surface area (Å²) in [7, 11) is 0. The lowest BCUT2D eigenvalue weighted by atomic mass is 9.92. The van der Waals surface area contributed by atoms with E-state index in [1.807, 2.05) is 19.1 Å². The van der Waals surface area contributed by atoms with Gasteiger partial charge in [0.15, 0.2) is 0 Å². The van der Waals surface area contributed by atoms with Crippen molar-refractivity contribution in [1.82, 2.24) is 10.2 Å². The first-order chi connectivity index (χ1) is 10.1. The summed E-state index contributed by atoms with van der Waals surface area (Å²) in [6.45, 7) is 5.73. The Hall–Kier alpha value is -0.660. The van der Waals surface area contributed by atoms with E-state index in [1.165, 1.54) is 16.4 Å². The summed E-state index contributed by atoms with van der Waals surface area (Å²) in [5.74, 6) is 0.832. The number of carbonyl (C=O) groups is 1. The summed E-state index contributed by atoms with van der Waals surface area (Å²) in [6, 6.07) is 6.66. The van der Waals surface area contributed by atoms with E-state index in [-0.39, 0.29) is 5.91 Å². The number of halogens is 1. The fraction of sp³-hybridized carbons (Fsp3) is 0.562. The summed E-state index contributed by atoms with van der Waals surface area (Å²) in [6.07, 6.45) is 2.50. The number of carbonyl (C=O) groups excluding carboxylic acids is 1. The molecule has 0 spiro atoms. The molecule has 2 aliphatic rings. The predicted octanol–water partition coefficient (Wildman–Crippen LogP) is 2.22. The van der Waals surface area contributed by atoms with E-state index in [2.05, 4.69) is 44.2 Å². The molecule has 2 heterocycles. The maximum absolute atomic E-state index is 12.3. The Labute approximate surface area is 139 Å². The number of amides is 1. The van der Waals surface area contributed by atoms with Crippen LogP contribution in [0.3, 0.4) is 0 Å². The second-order valence-electron chi connectivity index (χ2n) is 6.11. The van der Waals surface area contributed by atoms with Crippen molar-refractivity contribution >= 4 is 34.2 Å². The number of aryl methyl sites for hydroxylation is 1. The molecule has 1 amide bonds. The SMILES string of the molecule is Cc1cc(I)ccc1NC(=O)CN1CCCC2CNCC21. The third-order valence-electron chi connectivity index (χ3n) is 4.60. The summed E-state index contributed by atoms with van der Waals surface area (Å²) in [4.78, 5) is 14.7. The third kappa shape index (κ3) is 3.57. The minimum Gasteiger partial charge on any atom is -0.325 e. The van der Waals surface area contributed by atoms with Gasteiger partial charge in [-0.2, -0.15) is 0 Å². The van der Waals surface area contributed by atoms with Crippen LogP contribution in [0.2, 0.25) is 0 Å². The number of nitrogens with zero attached hydrogens (tertiary/aromatic N) is 1. The average Bonchev–Trinajstić information content (AvgIpc) is 2.91. The second-order valence-corrected chi connectivity index (χ2v) is 7.35. The minimum absolute atomic E-state index is 0.104. The molecule has 2 saturated heterocycles. The van der Waals surface area contributed by atoms with Gasteiger partial charge in [-0.05, 0) is 85.1 Å². The van der Waals surface area contributed by atoms with Crippen molar-refractivity contribution in [2.24, 2.45) is 5.92 Å². The Balaban J connectivity index is 1.61. The first kappa shape index (κ1) is 15.2. The molecule has 21 heavy (non-hydrogen) atoms. The van der Waals surface area contributed by atoms with Crippen LogP contribution in [0.1, 0.15) is 18.4 Å². The van der Waals surface area contributed by atoms with Gasteiger partial charge in [-0.15, -0.1) is 0 Å². The lowest BCUT2D eigenvalue weighted by Gasteiger charge is -2.36. The maximum atomic E-state index is 12.3. The number of rotatable bonds is 3. The molecular formula is C16H22IN3O. The van der Waals surface area contributed by atoms with Crippen molar-refractivity contribution in [1.29, 1.82) is 0 Å². The minimum atomic E-state index is 0.104. The van der Waals surface area contributed by atoms with Crippen molar-refractivity contribution in [2.45, 2.75) is 25.8 Å². The zero-order valence-corrected chi connectivity index (χ0v) is 14.5. The van der Waals surface area contributed by atoms with Gasteiger partial charge in [0.25, 0.3) is 0 Å². The third-order valence-corrected chi connectivity index (χ3v) is 5.27. The number of fused-ring (bicyclic) bond motifs is 1. The number of likely N-dealkylation sites (tertiary alicyclic amines) is 1. The molecule has 2 unspecified atom stereocenters.